The van der Waals surface area contributed by atoms with E-state index in [0.29, 0.717) is 0 Å². The highest BCUT2D eigenvalue weighted by atomic mass is 16.6. The Balaban J connectivity index is 1.69. The maximum atomic E-state index is 13.3. The summed E-state index contributed by atoms with van der Waals surface area (Å²) in [6.07, 6.45) is 8.66. The van der Waals surface area contributed by atoms with Crippen molar-refractivity contribution in [2.75, 3.05) is 11.9 Å². The molecule has 1 saturated carbocycles. The molecule has 41 heavy (non-hydrogen) atoms. The number of hydrogen-bond acceptors (Lipinski definition) is 7. The van der Waals surface area contributed by atoms with Crippen LogP contribution in [0.4, 0.5) is 10.6 Å². The third kappa shape index (κ3) is 10.00. The summed E-state index contributed by atoms with van der Waals surface area (Å²) in [6, 6.07) is 7.99. The average Bonchev–Trinajstić information content (AvgIpc) is 3.36. The second-order valence-electron chi connectivity index (χ2n) is 12.0. The van der Waals surface area contributed by atoms with Gasteiger partial charge in [0.25, 0.3) is 5.91 Å². The van der Waals surface area contributed by atoms with Crippen LogP contribution in [-0.4, -0.2) is 57.5 Å². The predicted octanol–water partition coefficient (Wildman–Crippen LogP) is 4.15. The van der Waals surface area contributed by atoms with E-state index >= 15 is 0 Å². The van der Waals surface area contributed by atoms with E-state index in [0.717, 1.165) is 37.5 Å². The third-order valence-corrected chi connectivity index (χ3v) is 6.87. The van der Waals surface area contributed by atoms with Crippen molar-refractivity contribution >= 4 is 30.0 Å². The first-order chi connectivity index (χ1) is 19.4. The van der Waals surface area contributed by atoms with Gasteiger partial charge in [0, 0.05) is 6.20 Å². The summed E-state index contributed by atoms with van der Waals surface area (Å²) in [5.41, 5.74) is -1.22. The van der Waals surface area contributed by atoms with Crippen molar-refractivity contribution in [1.29, 1.82) is 0 Å². The number of nitrogens with one attached hydrogen (secondary N) is 3. The van der Waals surface area contributed by atoms with Gasteiger partial charge < -0.3 is 34.8 Å². The van der Waals surface area contributed by atoms with Gasteiger partial charge in [-0.05, 0) is 58.9 Å². The molecule has 1 fully saturated rings. The van der Waals surface area contributed by atoms with Crippen LogP contribution < -0.4 is 16.0 Å². The lowest BCUT2D eigenvalue weighted by molar-refractivity contribution is -0.131. The van der Waals surface area contributed by atoms with Crippen LogP contribution in [0.25, 0.3) is 0 Å². The summed E-state index contributed by atoms with van der Waals surface area (Å²) in [4.78, 5) is 55.0. The Hall–Kier alpha value is -3.73. The summed E-state index contributed by atoms with van der Waals surface area (Å²) >= 11 is 0. The Kier molecular flexibility index (Phi) is 11.0. The molecule has 1 heterocycles. The van der Waals surface area contributed by atoms with E-state index in [1.807, 2.05) is 30.3 Å². The number of rotatable bonds is 12. The molecular weight excluding hydrogens is 526 g/mol. The second-order valence-corrected chi connectivity index (χ2v) is 12.0. The molecule has 3 N–H and O–H groups in total. The van der Waals surface area contributed by atoms with Gasteiger partial charge >= 0.3 is 6.09 Å². The number of nitrogens with zero attached hydrogens (tertiary/aromatic N) is 2. The van der Waals surface area contributed by atoms with Gasteiger partial charge in [-0.15, -0.1) is 0 Å². The maximum Gasteiger partial charge on any atom is 0.408 e. The van der Waals surface area contributed by atoms with Crippen molar-refractivity contribution in [2.24, 2.45) is 5.92 Å². The SMILES string of the molecule is CC(C)(C)OC(=O)NC(C)(C)C(=O)NC(COCc1ccccc1)C(=O)Nc1cn(C(C=O)C2CCCCC2)cn1. The zero-order chi connectivity index (χ0) is 30.0. The third-order valence-electron chi connectivity index (χ3n) is 6.87. The molecule has 0 radical (unpaired) electrons. The molecule has 1 aliphatic carbocycles. The minimum atomic E-state index is -1.39. The first kappa shape index (κ1) is 31.8. The molecule has 1 aromatic heterocycles. The Morgan fingerprint density at radius 3 is 2.39 bits per heavy atom. The second kappa shape index (κ2) is 14.2. The van der Waals surface area contributed by atoms with Gasteiger partial charge in [0.15, 0.2) is 5.82 Å². The predicted molar refractivity (Wildman–Crippen MR) is 154 cm³/mol. The number of imidazole rings is 1. The molecule has 3 rings (SSSR count). The van der Waals surface area contributed by atoms with E-state index in [2.05, 4.69) is 20.9 Å². The van der Waals surface area contributed by atoms with Crippen molar-refractivity contribution in [3.63, 3.8) is 0 Å². The van der Waals surface area contributed by atoms with E-state index in [1.165, 1.54) is 26.6 Å². The van der Waals surface area contributed by atoms with Crippen LogP contribution in [0.2, 0.25) is 0 Å². The number of aldehydes is 1. The smallest absolute Gasteiger partial charge is 0.408 e. The summed E-state index contributed by atoms with van der Waals surface area (Å²) in [5, 5.41) is 7.96. The van der Waals surface area contributed by atoms with Crippen LogP contribution in [0, 0.1) is 5.92 Å². The van der Waals surface area contributed by atoms with Crippen molar-refractivity contribution < 1.29 is 28.7 Å². The van der Waals surface area contributed by atoms with Gasteiger partial charge in [-0.2, -0.15) is 0 Å². The fourth-order valence-corrected chi connectivity index (χ4v) is 4.68. The number of carbonyl (C=O) groups excluding carboxylic acids is 4. The summed E-state index contributed by atoms with van der Waals surface area (Å²) in [5.74, 6) is -0.663. The van der Waals surface area contributed by atoms with E-state index in [-0.39, 0.29) is 31.0 Å². The molecule has 2 atom stereocenters. The molecule has 0 bridgehead atoms. The van der Waals surface area contributed by atoms with Crippen LogP contribution in [-0.2, 0) is 30.5 Å². The van der Waals surface area contributed by atoms with Crippen LogP contribution in [0.3, 0.4) is 0 Å². The molecule has 2 aromatic rings. The number of carbonyl (C=O) groups is 4. The van der Waals surface area contributed by atoms with E-state index in [9.17, 15) is 19.2 Å². The lowest BCUT2D eigenvalue weighted by atomic mass is 9.84. The monoisotopic (exact) mass is 569 g/mol. The number of benzene rings is 1. The number of aromatic nitrogens is 2. The Labute approximate surface area is 241 Å². The first-order valence-corrected chi connectivity index (χ1v) is 14.1. The van der Waals surface area contributed by atoms with Crippen LogP contribution >= 0.6 is 0 Å². The number of alkyl carbamates (subject to hydrolysis) is 1. The van der Waals surface area contributed by atoms with Gasteiger partial charge in [-0.25, -0.2) is 9.78 Å². The number of hydrogen-bond donors (Lipinski definition) is 3. The average molecular weight is 570 g/mol. The van der Waals surface area contributed by atoms with Crippen LogP contribution in [0.1, 0.15) is 78.3 Å². The highest BCUT2D eigenvalue weighted by Gasteiger charge is 2.35. The Bertz CT molecular complexity index is 1170. The quantitative estimate of drug-likeness (QED) is 0.326. The standard InChI is InChI=1S/C30H43N5O6/c1-29(2,3)41-28(39)34-30(4,5)27(38)32-23(19-40-18-21-12-8-6-9-13-21)26(37)33-25-16-35(20-31-25)24(17-36)22-14-10-7-11-15-22/h6,8-9,12-13,16-17,20,22-24H,7,10-11,14-15,18-19H2,1-5H3,(H,32,38)(H,33,37)(H,34,39). The van der Waals surface area contributed by atoms with E-state index in [4.69, 9.17) is 9.47 Å². The minimum Gasteiger partial charge on any atom is -0.444 e. The Morgan fingerprint density at radius 2 is 1.76 bits per heavy atom. The molecule has 3 amide bonds. The lowest BCUT2D eigenvalue weighted by Crippen LogP contribution is -2.59. The first-order valence-electron chi connectivity index (χ1n) is 14.1. The lowest BCUT2D eigenvalue weighted by Gasteiger charge is -2.29. The van der Waals surface area contributed by atoms with Crippen molar-refractivity contribution in [3.8, 4) is 0 Å². The topological polar surface area (TPSA) is 141 Å². The summed E-state index contributed by atoms with van der Waals surface area (Å²) in [6.45, 7) is 8.29. The molecule has 0 aliphatic heterocycles. The zero-order valence-corrected chi connectivity index (χ0v) is 24.6. The summed E-state index contributed by atoms with van der Waals surface area (Å²) < 4.78 is 12.8. The minimum absolute atomic E-state index is 0.130. The Morgan fingerprint density at radius 1 is 1.07 bits per heavy atom. The normalized spacial score (nSPS) is 15.8. The largest absolute Gasteiger partial charge is 0.444 e. The molecular formula is C30H43N5O6. The van der Waals surface area contributed by atoms with Crippen molar-refractivity contribution in [3.05, 3.63) is 48.4 Å². The maximum absolute atomic E-state index is 13.3. The number of ether oxygens (including phenoxy) is 2. The van der Waals surface area contributed by atoms with Crippen molar-refractivity contribution in [1.82, 2.24) is 20.2 Å². The fraction of sp³-hybridized carbons (Fsp3) is 0.567. The van der Waals surface area contributed by atoms with Crippen LogP contribution in [0.15, 0.2) is 42.9 Å². The van der Waals surface area contributed by atoms with Gasteiger partial charge in [0.2, 0.25) is 5.91 Å². The van der Waals surface area contributed by atoms with E-state index < -0.39 is 35.1 Å². The number of anilines is 1. The van der Waals surface area contributed by atoms with Gasteiger partial charge in [0.05, 0.1) is 25.6 Å². The van der Waals surface area contributed by atoms with Crippen LogP contribution in [0.5, 0.6) is 0 Å². The molecule has 11 heteroatoms. The highest BCUT2D eigenvalue weighted by molar-refractivity contribution is 5.98. The molecule has 224 valence electrons. The van der Waals surface area contributed by atoms with Gasteiger partial charge in [-0.3, -0.25) is 9.59 Å². The molecule has 0 spiro atoms. The van der Waals surface area contributed by atoms with Gasteiger partial charge in [0.1, 0.15) is 23.5 Å². The molecule has 11 nitrogen and oxygen atoms in total. The summed E-state index contributed by atoms with van der Waals surface area (Å²) in [7, 11) is 0. The van der Waals surface area contributed by atoms with E-state index in [1.54, 1.807) is 31.5 Å². The molecule has 0 saturated heterocycles. The number of amides is 3. The fourth-order valence-electron chi connectivity index (χ4n) is 4.68. The molecule has 2 unspecified atom stereocenters. The van der Waals surface area contributed by atoms with Crippen molar-refractivity contribution in [2.45, 2.75) is 96.6 Å². The highest BCUT2D eigenvalue weighted by Crippen LogP contribution is 2.32. The molecule has 1 aromatic carbocycles. The zero-order valence-electron chi connectivity index (χ0n) is 24.6. The van der Waals surface area contributed by atoms with Gasteiger partial charge in [-0.1, -0.05) is 49.6 Å². The molecule has 1 aliphatic rings.